The first-order chi connectivity index (χ1) is 6.80. The van der Waals surface area contributed by atoms with E-state index in [0.29, 0.717) is 0 Å². The summed E-state index contributed by atoms with van der Waals surface area (Å²) in [7, 11) is 0. The number of rotatable bonds is 2. The molecule has 1 rings (SSSR count). The fourth-order valence-corrected chi connectivity index (χ4v) is 1.02. The lowest BCUT2D eigenvalue weighted by Gasteiger charge is -2.16. The van der Waals surface area contributed by atoms with Gasteiger partial charge in [-0.25, -0.2) is 4.68 Å². The van der Waals surface area contributed by atoms with Gasteiger partial charge in [-0.2, -0.15) is 5.10 Å². The fraction of sp³-hybridized carbons (Fsp3) is 0.545. The van der Waals surface area contributed by atoms with Gasteiger partial charge in [-0.15, -0.1) is 0 Å². The molecule has 0 radical (unpaired) electrons. The molecule has 0 unspecified atom stereocenters. The Kier molecular flexibility index (Phi) is 3.07. The summed E-state index contributed by atoms with van der Waals surface area (Å²) in [5, 5.41) is 3.91. The van der Waals surface area contributed by atoms with E-state index in [1.165, 1.54) is 10.7 Å². The van der Waals surface area contributed by atoms with Crippen LogP contribution in [0.3, 0.4) is 0 Å². The van der Waals surface area contributed by atoms with Crippen LogP contribution in [0, 0.1) is 12.3 Å². The zero-order valence-electron chi connectivity index (χ0n) is 9.57. The molecule has 0 aliphatic heterocycles. The molecule has 1 aromatic heterocycles. The van der Waals surface area contributed by atoms with Gasteiger partial charge in [0.15, 0.2) is 5.78 Å². The number of aryl methyl sites for hydroxylation is 1. The predicted octanol–water partition coefficient (Wildman–Crippen LogP) is 1.17. The molecule has 0 atom stereocenters. The smallest absolute Gasteiger partial charge is 0.267 e. The summed E-state index contributed by atoms with van der Waals surface area (Å²) in [6, 6.07) is 1.48. The number of carbonyl (C=O) groups is 1. The second kappa shape index (κ2) is 3.96. The van der Waals surface area contributed by atoms with E-state index in [1.807, 2.05) is 20.8 Å². The largest absolute Gasteiger partial charge is 0.297 e. The molecule has 4 heteroatoms. The molecular weight excluding hydrogens is 192 g/mol. The molecule has 0 N–H and O–H groups in total. The molecule has 0 saturated carbocycles. The minimum Gasteiger partial charge on any atom is -0.297 e. The lowest BCUT2D eigenvalue weighted by atomic mass is 9.91. The molecule has 0 spiro atoms. The number of hydrogen-bond donors (Lipinski definition) is 0. The highest BCUT2D eigenvalue weighted by molar-refractivity contribution is 5.83. The van der Waals surface area contributed by atoms with Gasteiger partial charge in [0.1, 0.15) is 6.54 Å². The Labute approximate surface area is 88.9 Å². The van der Waals surface area contributed by atoms with Gasteiger partial charge in [0.25, 0.3) is 5.56 Å². The Balaban J connectivity index is 2.92. The van der Waals surface area contributed by atoms with Crippen molar-refractivity contribution in [3.8, 4) is 0 Å². The van der Waals surface area contributed by atoms with Crippen LogP contribution in [0.25, 0.3) is 0 Å². The standard InChI is InChI=1S/C11H16N2O2/c1-8-5-10(15)13(12-6-8)7-9(14)11(2,3)4/h5-6H,7H2,1-4H3. The van der Waals surface area contributed by atoms with Crippen LogP contribution in [0.1, 0.15) is 26.3 Å². The van der Waals surface area contributed by atoms with Crippen LogP contribution in [-0.2, 0) is 11.3 Å². The Bertz CT molecular complexity index is 427. The number of carbonyl (C=O) groups excluding carboxylic acids is 1. The normalized spacial score (nSPS) is 11.5. The van der Waals surface area contributed by atoms with Gasteiger partial charge in [0.2, 0.25) is 0 Å². The van der Waals surface area contributed by atoms with Crippen molar-refractivity contribution in [2.45, 2.75) is 34.2 Å². The lowest BCUT2D eigenvalue weighted by molar-refractivity contribution is -0.127. The molecule has 4 nitrogen and oxygen atoms in total. The van der Waals surface area contributed by atoms with E-state index in [0.717, 1.165) is 5.56 Å². The third-order valence-corrected chi connectivity index (χ3v) is 2.14. The van der Waals surface area contributed by atoms with E-state index in [2.05, 4.69) is 5.10 Å². The van der Waals surface area contributed by atoms with Crippen LogP contribution in [0.5, 0.6) is 0 Å². The molecule has 1 aromatic rings. The average molecular weight is 208 g/mol. The SMILES string of the molecule is Cc1cnn(CC(=O)C(C)(C)C)c(=O)c1. The van der Waals surface area contributed by atoms with Gasteiger partial charge < -0.3 is 0 Å². The van der Waals surface area contributed by atoms with E-state index in [4.69, 9.17) is 0 Å². The molecule has 0 fully saturated rings. The summed E-state index contributed by atoms with van der Waals surface area (Å²) >= 11 is 0. The van der Waals surface area contributed by atoms with Crippen molar-refractivity contribution in [2.24, 2.45) is 5.41 Å². The second-order valence-electron chi connectivity index (χ2n) is 4.70. The zero-order chi connectivity index (χ0) is 11.6. The molecule has 0 aliphatic carbocycles. The Hall–Kier alpha value is -1.45. The number of hydrogen-bond acceptors (Lipinski definition) is 3. The summed E-state index contributed by atoms with van der Waals surface area (Å²) in [6.07, 6.45) is 1.58. The van der Waals surface area contributed by atoms with Crippen molar-refractivity contribution in [3.05, 3.63) is 28.2 Å². The van der Waals surface area contributed by atoms with Gasteiger partial charge in [0.05, 0.1) is 6.20 Å². The average Bonchev–Trinajstić information content (AvgIpc) is 2.08. The van der Waals surface area contributed by atoms with Crippen LogP contribution in [0.4, 0.5) is 0 Å². The van der Waals surface area contributed by atoms with Crippen LogP contribution < -0.4 is 5.56 Å². The maximum atomic E-state index is 11.7. The van der Waals surface area contributed by atoms with Crippen LogP contribution in [0.15, 0.2) is 17.1 Å². The second-order valence-corrected chi connectivity index (χ2v) is 4.70. The fourth-order valence-electron chi connectivity index (χ4n) is 1.02. The minimum atomic E-state index is -0.438. The monoisotopic (exact) mass is 208 g/mol. The van der Waals surface area contributed by atoms with Crippen LogP contribution in [0.2, 0.25) is 0 Å². The van der Waals surface area contributed by atoms with Crippen molar-refractivity contribution >= 4 is 5.78 Å². The van der Waals surface area contributed by atoms with Crippen LogP contribution in [-0.4, -0.2) is 15.6 Å². The number of ketones is 1. The van der Waals surface area contributed by atoms with Crippen molar-refractivity contribution in [2.75, 3.05) is 0 Å². The van der Waals surface area contributed by atoms with E-state index >= 15 is 0 Å². The molecule has 15 heavy (non-hydrogen) atoms. The summed E-state index contributed by atoms with van der Waals surface area (Å²) in [4.78, 5) is 23.1. The third kappa shape index (κ3) is 3.01. The quantitative estimate of drug-likeness (QED) is 0.733. The summed E-state index contributed by atoms with van der Waals surface area (Å²) < 4.78 is 1.20. The number of aromatic nitrogens is 2. The molecule has 0 amide bonds. The number of nitrogens with zero attached hydrogens (tertiary/aromatic N) is 2. The van der Waals surface area contributed by atoms with Crippen molar-refractivity contribution in [1.29, 1.82) is 0 Å². The number of Topliss-reactive ketones (excluding diaryl/α,β-unsaturated/α-hetero) is 1. The maximum absolute atomic E-state index is 11.7. The Morgan fingerprint density at radius 2 is 2.07 bits per heavy atom. The first-order valence-corrected chi connectivity index (χ1v) is 4.88. The lowest BCUT2D eigenvalue weighted by Crippen LogP contribution is -2.31. The molecule has 1 heterocycles. The zero-order valence-corrected chi connectivity index (χ0v) is 9.57. The van der Waals surface area contributed by atoms with Gasteiger partial charge in [-0.05, 0) is 12.5 Å². The maximum Gasteiger partial charge on any atom is 0.267 e. The topological polar surface area (TPSA) is 52.0 Å². The molecule has 0 aromatic carbocycles. The molecule has 0 bridgehead atoms. The first kappa shape index (κ1) is 11.6. The van der Waals surface area contributed by atoms with E-state index < -0.39 is 5.41 Å². The van der Waals surface area contributed by atoms with Gasteiger partial charge in [0, 0.05) is 11.5 Å². The highest BCUT2D eigenvalue weighted by atomic mass is 16.1. The van der Waals surface area contributed by atoms with E-state index in [-0.39, 0.29) is 17.9 Å². The van der Waals surface area contributed by atoms with Crippen LogP contribution >= 0.6 is 0 Å². The first-order valence-electron chi connectivity index (χ1n) is 4.88. The minimum absolute atomic E-state index is 0.000882. The Morgan fingerprint density at radius 3 is 2.53 bits per heavy atom. The van der Waals surface area contributed by atoms with Gasteiger partial charge >= 0.3 is 0 Å². The molecule has 0 saturated heterocycles. The molecular formula is C11H16N2O2. The van der Waals surface area contributed by atoms with E-state index in [9.17, 15) is 9.59 Å². The van der Waals surface area contributed by atoms with E-state index in [1.54, 1.807) is 13.1 Å². The molecule has 0 aliphatic rings. The predicted molar refractivity (Wildman–Crippen MR) is 57.7 cm³/mol. The van der Waals surface area contributed by atoms with Crippen molar-refractivity contribution < 1.29 is 4.79 Å². The highest BCUT2D eigenvalue weighted by Gasteiger charge is 2.21. The van der Waals surface area contributed by atoms with Gasteiger partial charge in [-0.1, -0.05) is 20.8 Å². The summed E-state index contributed by atoms with van der Waals surface area (Å²) in [5.41, 5.74) is 0.137. The summed E-state index contributed by atoms with van der Waals surface area (Å²) in [6.45, 7) is 7.32. The third-order valence-electron chi connectivity index (χ3n) is 2.14. The van der Waals surface area contributed by atoms with Crippen molar-refractivity contribution in [3.63, 3.8) is 0 Å². The highest BCUT2D eigenvalue weighted by Crippen LogP contribution is 2.14. The Morgan fingerprint density at radius 1 is 1.47 bits per heavy atom. The van der Waals surface area contributed by atoms with Gasteiger partial charge in [-0.3, -0.25) is 9.59 Å². The van der Waals surface area contributed by atoms with Crippen molar-refractivity contribution in [1.82, 2.24) is 9.78 Å². The molecule has 82 valence electrons. The summed E-state index contributed by atoms with van der Waals surface area (Å²) in [5.74, 6) is 0.000882.